The number of hydrogen-bond acceptors (Lipinski definition) is 5. The summed E-state index contributed by atoms with van der Waals surface area (Å²) >= 11 is 0. The summed E-state index contributed by atoms with van der Waals surface area (Å²) in [5, 5.41) is 10.8. The van der Waals surface area contributed by atoms with Crippen LogP contribution in [-0.2, 0) is 19.5 Å². The molecule has 0 saturated heterocycles. The first-order chi connectivity index (χ1) is 14.9. The summed E-state index contributed by atoms with van der Waals surface area (Å²) < 4.78 is 30.8. The predicted molar refractivity (Wildman–Crippen MR) is 122 cm³/mol. The van der Waals surface area contributed by atoms with Gasteiger partial charge in [-0.05, 0) is 39.8 Å². The molecule has 0 aliphatic heterocycles. The van der Waals surface area contributed by atoms with E-state index in [1.54, 1.807) is 18.2 Å². The number of hydrogen-bond donors (Lipinski definition) is 2. The molecule has 0 amide bonds. The maximum absolute atomic E-state index is 13.6. The summed E-state index contributed by atoms with van der Waals surface area (Å²) in [6.07, 6.45) is -1.07. The zero-order valence-electron chi connectivity index (χ0n) is 19.0. The molecule has 2 N–H and O–H groups in total. The lowest BCUT2D eigenvalue weighted by atomic mass is 9.84. The standard InChI is InChI=1S/C24H29FNO5P/c1-7-31-20(28)13-18(27)23(32(29)30)21-17(15-8-10-16(25)11-9-15)12-19(24(4,5)6)26-22(21)14(2)3/h7-12,14,18,23,27H,1,13H2,2-6H3/p+1. The molecule has 0 saturated carbocycles. The van der Waals surface area contributed by atoms with Gasteiger partial charge < -0.3 is 9.84 Å². The molecule has 6 nitrogen and oxygen atoms in total. The highest BCUT2D eigenvalue weighted by atomic mass is 31.1. The van der Waals surface area contributed by atoms with E-state index in [4.69, 9.17) is 4.98 Å². The van der Waals surface area contributed by atoms with Crippen LogP contribution in [0.2, 0.25) is 0 Å². The van der Waals surface area contributed by atoms with Gasteiger partial charge in [0.2, 0.25) is 5.66 Å². The second kappa shape index (κ2) is 10.4. The van der Waals surface area contributed by atoms with E-state index in [1.165, 1.54) is 12.1 Å². The zero-order chi connectivity index (χ0) is 24.2. The lowest BCUT2D eigenvalue weighted by Crippen LogP contribution is -2.24. The van der Waals surface area contributed by atoms with Crippen molar-refractivity contribution in [2.75, 3.05) is 0 Å². The van der Waals surface area contributed by atoms with Crippen molar-refractivity contribution in [2.45, 2.75) is 64.1 Å². The van der Waals surface area contributed by atoms with Gasteiger partial charge in [-0.1, -0.05) is 53.3 Å². The number of ether oxygens (including phenoxy) is 1. The number of rotatable bonds is 8. The smallest absolute Gasteiger partial charge is 0.435 e. The molecule has 1 heterocycles. The van der Waals surface area contributed by atoms with Crippen molar-refractivity contribution in [2.24, 2.45) is 0 Å². The number of aliphatic hydroxyl groups excluding tert-OH is 1. The number of benzene rings is 1. The van der Waals surface area contributed by atoms with E-state index >= 15 is 0 Å². The molecule has 0 spiro atoms. The topological polar surface area (TPSA) is 96.7 Å². The normalized spacial score (nSPS) is 14.1. The predicted octanol–water partition coefficient (Wildman–Crippen LogP) is 5.52. The molecular formula is C24H30FNO5P+. The minimum absolute atomic E-state index is 0.156. The number of aliphatic hydroxyl groups is 1. The molecule has 2 rings (SSSR count). The van der Waals surface area contributed by atoms with E-state index in [1.807, 2.05) is 34.6 Å². The van der Waals surface area contributed by atoms with Gasteiger partial charge in [-0.3, -0.25) is 9.78 Å². The van der Waals surface area contributed by atoms with E-state index in [0.29, 0.717) is 22.4 Å². The summed E-state index contributed by atoms with van der Waals surface area (Å²) in [6, 6.07) is 7.55. The first-order valence-corrected chi connectivity index (χ1v) is 11.6. The van der Waals surface area contributed by atoms with Crippen LogP contribution in [0.3, 0.4) is 0 Å². The highest BCUT2D eigenvalue weighted by molar-refractivity contribution is 7.38. The summed E-state index contributed by atoms with van der Waals surface area (Å²) in [5.41, 5.74) is 1.18. The van der Waals surface area contributed by atoms with Gasteiger partial charge in [0.25, 0.3) is 0 Å². The van der Waals surface area contributed by atoms with Crippen molar-refractivity contribution >= 4 is 14.0 Å². The lowest BCUT2D eigenvalue weighted by molar-refractivity contribution is -0.140. The van der Waals surface area contributed by atoms with Gasteiger partial charge >= 0.3 is 14.0 Å². The van der Waals surface area contributed by atoms with Crippen LogP contribution in [0, 0.1) is 5.82 Å². The maximum atomic E-state index is 13.6. The van der Waals surface area contributed by atoms with E-state index in [9.17, 15) is 23.7 Å². The number of esters is 1. The Bertz CT molecular complexity index is 999. The van der Waals surface area contributed by atoms with E-state index < -0.39 is 38.0 Å². The molecule has 1 aromatic carbocycles. The highest BCUT2D eigenvalue weighted by Gasteiger charge is 2.44. The molecule has 0 radical (unpaired) electrons. The average Bonchev–Trinajstić information content (AvgIpc) is 2.67. The highest BCUT2D eigenvalue weighted by Crippen LogP contribution is 2.48. The Labute approximate surface area is 189 Å². The fraction of sp³-hybridized carbons (Fsp3) is 0.417. The van der Waals surface area contributed by atoms with Crippen molar-refractivity contribution in [3.63, 3.8) is 0 Å². The van der Waals surface area contributed by atoms with Crippen LogP contribution in [0.25, 0.3) is 11.1 Å². The summed E-state index contributed by atoms with van der Waals surface area (Å²) in [4.78, 5) is 26.9. The maximum Gasteiger partial charge on any atom is 0.516 e. The minimum Gasteiger partial charge on any atom is -0.435 e. The van der Waals surface area contributed by atoms with Gasteiger partial charge in [0.05, 0.1) is 18.4 Å². The van der Waals surface area contributed by atoms with Gasteiger partial charge in [-0.25, -0.2) is 4.39 Å². The Morgan fingerprint density at radius 1 is 1.28 bits per heavy atom. The van der Waals surface area contributed by atoms with Gasteiger partial charge in [0.15, 0.2) is 0 Å². The molecule has 1 aromatic heterocycles. The van der Waals surface area contributed by atoms with Crippen molar-refractivity contribution in [3.8, 4) is 11.1 Å². The second-order valence-corrected chi connectivity index (χ2v) is 10.1. The first-order valence-electron chi connectivity index (χ1n) is 10.3. The van der Waals surface area contributed by atoms with Crippen LogP contribution in [0.15, 0.2) is 43.2 Å². The minimum atomic E-state index is -2.96. The fourth-order valence-electron chi connectivity index (χ4n) is 3.45. The number of carbonyl (C=O) groups is 1. The Hall–Kier alpha value is -2.47. The van der Waals surface area contributed by atoms with Crippen LogP contribution in [0.5, 0.6) is 0 Å². The number of pyridine rings is 1. The number of nitrogens with zero attached hydrogens (tertiary/aromatic N) is 1. The third kappa shape index (κ3) is 6.06. The Morgan fingerprint density at radius 2 is 1.88 bits per heavy atom. The molecule has 0 bridgehead atoms. The molecule has 0 fully saturated rings. The molecule has 0 aliphatic carbocycles. The van der Waals surface area contributed by atoms with Crippen molar-refractivity contribution in [1.82, 2.24) is 4.98 Å². The third-order valence-electron chi connectivity index (χ3n) is 5.05. The van der Waals surface area contributed by atoms with Crippen LogP contribution in [-0.4, -0.2) is 27.1 Å². The Kier molecular flexibility index (Phi) is 8.41. The summed E-state index contributed by atoms with van der Waals surface area (Å²) in [6.45, 7) is 13.1. The van der Waals surface area contributed by atoms with Crippen molar-refractivity contribution in [1.29, 1.82) is 0 Å². The van der Waals surface area contributed by atoms with Crippen LogP contribution >= 0.6 is 8.03 Å². The fourth-order valence-corrected chi connectivity index (χ4v) is 4.34. The largest absolute Gasteiger partial charge is 0.516 e. The summed E-state index contributed by atoms with van der Waals surface area (Å²) in [7, 11) is -2.96. The van der Waals surface area contributed by atoms with Crippen LogP contribution < -0.4 is 0 Å². The van der Waals surface area contributed by atoms with Gasteiger partial charge in [-0.15, -0.1) is 0 Å². The number of carbonyl (C=O) groups excluding carboxylic acids is 1. The lowest BCUT2D eigenvalue weighted by Gasteiger charge is -2.26. The Morgan fingerprint density at radius 3 is 2.34 bits per heavy atom. The third-order valence-corrected chi connectivity index (χ3v) is 6.13. The second-order valence-electron chi connectivity index (χ2n) is 8.94. The van der Waals surface area contributed by atoms with E-state index in [2.05, 4.69) is 11.3 Å². The monoisotopic (exact) mass is 462 g/mol. The zero-order valence-corrected chi connectivity index (χ0v) is 19.9. The quantitative estimate of drug-likeness (QED) is 0.305. The van der Waals surface area contributed by atoms with E-state index in [0.717, 1.165) is 12.0 Å². The number of halogens is 1. The molecule has 8 heteroatoms. The molecule has 0 aliphatic rings. The molecule has 3 unspecified atom stereocenters. The number of aromatic nitrogens is 1. The van der Waals surface area contributed by atoms with Gasteiger partial charge in [0.1, 0.15) is 11.9 Å². The van der Waals surface area contributed by atoms with Gasteiger partial charge in [0, 0.05) is 16.7 Å². The summed E-state index contributed by atoms with van der Waals surface area (Å²) in [5.74, 6) is -1.35. The average molecular weight is 462 g/mol. The molecule has 32 heavy (non-hydrogen) atoms. The van der Waals surface area contributed by atoms with Crippen molar-refractivity contribution < 1.29 is 28.5 Å². The first kappa shape index (κ1) is 25.8. The Balaban J connectivity index is 2.84. The SMILES string of the molecule is C=COC(=O)CC(O)C(c1c(-c2ccc(F)cc2)cc(C(C)(C)C)nc1C(C)C)[P+](=O)O. The van der Waals surface area contributed by atoms with Crippen LogP contribution in [0.1, 0.15) is 69.6 Å². The molecule has 172 valence electrons. The van der Waals surface area contributed by atoms with Crippen LogP contribution in [0.4, 0.5) is 4.39 Å². The van der Waals surface area contributed by atoms with Crippen molar-refractivity contribution in [3.05, 3.63) is 65.9 Å². The molecular weight excluding hydrogens is 432 g/mol. The van der Waals surface area contributed by atoms with Gasteiger partial charge in [-0.2, -0.15) is 4.89 Å². The van der Waals surface area contributed by atoms with E-state index in [-0.39, 0.29) is 11.3 Å². The molecule has 2 aromatic rings. The molecule has 3 atom stereocenters.